The first-order valence-corrected chi connectivity index (χ1v) is 8.93. The summed E-state index contributed by atoms with van der Waals surface area (Å²) in [5, 5.41) is 15.3. The number of aryl methyl sites for hydroxylation is 1. The minimum absolute atomic E-state index is 0.614. The smallest absolute Gasteiger partial charge is 0.123 e. The molecule has 1 unspecified atom stereocenters. The van der Waals surface area contributed by atoms with E-state index in [1.807, 2.05) is 30.3 Å². The summed E-state index contributed by atoms with van der Waals surface area (Å²) in [5.74, 6) is 0. The number of hydrogen-bond donors (Lipinski definition) is 1. The molecule has 5 nitrogen and oxygen atoms in total. The average molecular weight is 327 g/mol. The zero-order valence-corrected chi connectivity index (χ0v) is 14.0. The maximum Gasteiger partial charge on any atom is 0.123 e. The predicted molar refractivity (Wildman–Crippen MR) is 91.6 cm³/mol. The van der Waals surface area contributed by atoms with Crippen LogP contribution >= 0.6 is 0 Å². The van der Waals surface area contributed by atoms with Crippen molar-refractivity contribution in [3.05, 3.63) is 53.3 Å². The number of nitrogens with zero attached hydrogens (tertiary/aromatic N) is 3. The van der Waals surface area contributed by atoms with Gasteiger partial charge < -0.3 is 9.84 Å². The maximum atomic E-state index is 10.6. The molecule has 3 heterocycles. The van der Waals surface area contributed by atoms with E-state index in [4.69, 9.17) is 4.74 Å². The molecule has 1 aromatic heterocycles. The predicted octanol–water partition coefficient (Wildman–Crippen LogP) is 2.35. The molecule has 4 rings (SSSR count). The summed E-state index contributed by atoms with van der Waals surface area (Å²) >= 11 is 0. The molecule has 2 aliphatic rings. The number of hydrogen-bond acceptors (Lipinski definition) is 4. The topological polar surface area (TPSA) is 50.5 Å². The summed E-state index contributed by atoms with van der Waals surface area (Å²) in [5.41, 5.74) is 2.86. The minimum atomic E-state index is -0.651. The molecule has 1 atom stereocenters. The van der Waals surface area contributed by atoms with Gasteiger partial charge >= 0.3 is 0 Å². The van der Waals surface area contributed by atoms with E-state index in [-0.39, 0.29) is 0 Å². The summed E-state index contributed by atoms with van der Waals surface area (Å²) in [7, 11) is 0. The molecule has 1 fully saturated rings. The lowest BCUT2D eigenvalue weighted by molar-refractivity contribution is 0.0315. The van der Waals surface area contributed by atoms with Crippen molar-refractivity contribution in [2.24, 2.45) is 0 Å². The van der Waals surface area contributed by atoms with Crippen LogP contribution in [0.25, 0.3) is 0 Å². The number of aliphatic hydroxyl groups excluding tert-OH is 1. The summed E-state index contributed by atoms with van der Waals surface area (Å²) in [6, 6.07) is 12.5. The van der Waals surface area contributed by atoms with Crippen LogP contribution in [-0.4, -0.2) is 45.6 Å². The quantitative estimate of drug-likeness (QED) is 0.940. The lowest BCUT2D eigenvalue weighted by atomic mass is 10.1. The van der Waals surface area contributed by atoms with Crippen LogP contribution in [0.15, 0.2) is 36.4 Å². The highest BCUT2D eigenvalue weighted by Gasteiger charge is 2.26. The third-order valence-corrected chi connectivity index (χ3v) is 5.17. The number of rotatable bonds is 3. The Morgan fingerprint density at radius 3 is 2.71 bits per heavy atom. The van der Waals surface area contributed by atoms with Gasteiger partial charge in [-0.25, -0.2) is 0 Å². The molecule has 0 bridgehead atoms. The second-order valence-electron chi connectivity index (χ2n) is 6.76. The number of benzene rings is 1. The first-order chi connectivity index (χ1) is 11.8. The van der Waals surface area contributed by atoms with Gasteiger partial charge in [0.05, 0.1) is 11.4 Å². The number of aliphatic hydroxyl groups is 1. The normalized spacial score (nSPS) is 21.2. The fraction of sp³-hybridized carbons (Fsp3) is 0.526. The Bertz CT molecular complexity index is 665. The van der Waals surface area contributed by atoms with Crippen molar-refractivity contribution >= 4 is 0 Å². The second-order valence-corrected chi connectivity index (χ2v) is 6.76. The van der Waals surface area contributed by atoms with Crippen LogP contribution in [0.4, 0.5) is 0 Å². The van der Waals surface area contributed by atoms with E-state index in [0.29, 0.717) is 6.04 Å². The van der Waals surface area contributed by atoms with Crippen LogP contribution in [0, 0.1) is 0 Å². The fourth-order valence-corrected chi connectivity index (χ4v) is 3.81. The Kier molecular flexibility index (Phi) is 4.65. The Labute approximate surface area is 142 Å². The molecule has 1 aromatic carbocycles. The summed E-state index contributed by atoms with van der Waals surface area (Å²) in [6.45, 7) is 4.71. The van der Waals surface area contributed by atoms with Crippen LogP contribution < -0.4 is 0 Å². The van der Waals surface area contributed by atoms with Gasteiger partial charge in [0.2, 0.25) is 0 Å². The van der Waals surface area contributed by atoms with Crippen molar-refractivity contribution in [1.82, 2.24) is 14.7 Å². The first-order valence-electron chi connectivity index (χ1n) is 8.93. The monoisotopic (exact) mass is 327 g/mol. The van der Waals surface area contributed by atoms with E-state index in [0.717, 1.165) is 63.4 Å². The van der Waals surface area contributed by atoms with Crippen molar-refractivity contribution in [1.29, 1.82) is 0 Å². The van der Waals surface area contributed by atoms with E-state index < -0.39 is 6.10 Å². The fourth-order valence-electron chi connectivity index (χ4n) is 3.81. The summed E-state index contributed by atoms with van der Waals surface area (Å²) in [6.07, 6.45) is 2.69. The van der Waals surface area contributed by atoms with E-state index in [1.54, 1.807) is 0 Å². The van der Waals surface area contributed by atoms with Crippen LogP contribution in [0.5, 0.6) is 0 Å². The van der Waals surface area contributed by atoms with Crippen molar-refractivity contribution in [2.45, 2.75) is 44.5 Å². The second kappa shape index (κ2) is 7.05. The average Bonchev–Trinajstić information content (AvgIpc) is 2.94. The number of aromatic nitrogens is 2. The van der Waals surface area contributed by atoms with Crippen LogP contribution in [-0.2, 0) is 17.8 Å². The molecule has 24 heavy (non-hydrogen) atoms. The minimum Gasteiger partial charge on any atom is -0.382 e. The molecular formula is C19H25N3O2. The molecule has 0 amide bonds. The van der Waals surface area contributed by atoms with Gasteiger partial charge in [-0.2, -0.15) is 5.10 Å². The Balaban J connectivity index is 1.53. The third kappa shape index (κ3) is 3.24. The molecule has 2 aromatic rings. The van der Waals surface area contributed by atoms with Gasteiger partial charge in [0.15, 0.2) is 0 Å². The van der Waals surface area contributed by atoms with Crippen molar-refractivity contribution < 1.29 is 9.84 Å². The molecule has 0 spiro atoms. The Morgan fingerprint density at radius 1 is 1.12 bits per heavy atom. The van der Waals surface area contributed by atoms with Crippen LogP contribution in [0.3, 0.4) is 0 Å². The first kappa shape index (κ1) is 15.8. The van der Waals surface area contributed by atoms with Gasteiger partial charge in [0, 0.05) is 38.9 Å². The molecule has 128 valence electrons. The van der Waals surface area contributed by atoms with E-state index in [2.05, 4.69) is 20.7 Å². The maximum absolute atomic E-state index is 10.6. The molecule has 0 radical (unpaired) electrons. The molecule has 5 heteroatoms. The van der Waals surface area contributed by atoms with Crippen LogP contribution in [0.2, 0.25) is 0 Å². The van der Waals surface area contributed by atoms with E-state index in [9.17, 15) is 5.11 Å². The third-order valence-electron chi connectivity index (χ3n) is 5.17. The molecule has 1 N–H and O–H groups in total. The van der Waals surface area contributed by atoms with Gasteiger partial charge in [-0.15, -0.1) is 0 Å². The van der Waals surface area contributed by atoms with Crippen molar-refractivity contribution in [3.63, 3.8) is 0 Å². The highest BCUT2D eigenvalue weighted by molar-refractivity contribution is 5.26. The SMILES string of the molecule is OC(c1ccccc1)c1cc2n(n1)CCCN(C1CCOCC1)C2. The van der Waals surface area contributed by atoms with Gasteiger partial charge in [0.25, 0.3) is 0 Å². The van der Waals surface area contributed by atoms with Gasteiger partial charge in [0.1, 0.15) is 6.10 Å². The Morgan fingerprint density at radius 2 is 1.92 bits per heavy atom. The zero-order valence-electron chi connectivity index (χ0n) is 14.0. The molecule has 0 saturated carbocycles. The zero-order chi connectivity index (χ0) is 16.4. The van der Waals surface area contributed by atoms with Gasteiger partial charge in [-0.05, 0) is 30.9 Å². The lowest BCUT2D eigenvalue weighted by Gasteiger charge is -2.33. The van der Waals surface area contributed by atoms with Crippen molar-refractivity contribution in [3.8, 4) is 0 Å². The molecule has 0 aliphatic carbocycles. The Hall–Kier alpha value is -1.69. The highest BCUT2D eigenvalue weighted by atomic mass is 16.5. The molecular weight excluding hydrogens is 302 g/mol. The summed E-state index contributed by atoms with van der Waals surface area (Å²) < 4.78 is 7.58. The van der Waals surface area contributed by atoms with Crippen molar-refractivity contribution in [2.75, 3.05) is 19.8 Å². The van der Waals surface area contributed by atoms with Crippen LogP contribution in [0.1, 0.15) is 42.3 Å². The summed E-state index contributed by atoms with van der Waals surface area (Å²) in [4.78, 5) is 2.57. The standard InChI is InChI=1S/C19H25N3O2/c23-19(15-5-2-1-3-6-15)18-13-17-14-21(9-4-10-22(17)20-18)16-7-11-24-12-8-16/h1-3,5-6,13,16,19,23H,4,7-12,14H2. The van der Waals surface area contributed by atoms with Gasteiger partial charge in [-0.1, -0.05) is 30.3 Å². The number of ether oxygens (including phenoxy) is 1. The molecule has 1 saturated heterocycles. The lowest BCUT2D eigenvalue weighted by Crippen LogP contribution is -2.39. The molecule has 2 aliphatic heterocycles. The highest BCUT2D eigenvalue weighted by Crippen LogP contribution is 2.25. The van der Waals surface area contributed by atoms with Gasteiger partial charge in [-0.3, -0.25) is 9.58 Å². The van der Waals surface area contributed by atoms with E-state index >= 15 is 0 Å². The number of fused-ring (bicyclic) bond motifs is 1. The largest absolute Gasteiger partial charge is 0.382 e. The van der Waals surface area contributed by atoms with E-state index in [1.165, 1.54) is 5.69 Å².